The Bertz CT molecular complexity index is 853. The molecule has 1 aromatic rings. The van der Waals surface area contributed by atoms with Gasteiger partial charge in [-0.3, -0.25) is 10.1 Å². The highest BCUT2D eigenvalue weighted by Gasteiger charge is 2.28. The van der Waals surface area contributed by atoms with Crippen LogP contribution in [0.15, 0.2) is 23.1 Å². The van der Waals surface area contributed by atoms with Gasteiger partial charge in [-0.2, -0.15) is 12.7 Å². The molecule has 1 aliphatic rings. The number of hydrogen-bond donors (Lipinski definition) is 2. The second kappa shape index (κ2) is 9.03. The summed E-state index contributed by atoms with van der Waals surface area (Å²) in [7, 11) is -5.47. The van der Waals surface area contributed by atoms with Crippen molar-refractivity contribution in [3.63, 3.8) is 0 Å². The van der Waals surface area contributed by atoms with Gasteiger partial charge in [0.1, 0.15) is 5.02 Å². The SMILES string of the molecule is CN1CCCN(S(=O)(=O)c2ccc(Cl)c([N+](=O)[O-])c2)CC1.NS(N)(=O)=O. The number of nitrogens with zero attached hydrogens (tertiary/aromatic N) is 3. The molecule has 0 spiro atoms. The first-order chi connectivity index (χ1) is 11.8. The minimum absolute atomic E-state index is 0.0745. The topological polar surface area (TPSA) is 170 Å². The van der Waals surface area contributed by atoms with E-state index in [-0.39, 0.29) is 9.92 Å². The molecule has 1 aliphatic heterocycles. The van der Waals surface area contributed by atoms with Crippen LogP contribution in [0.25, 0.3) is 0 Å². The maximum absolute atomic E-state index is 12.6. The van der Waals surface area contributed by atoms with E-state index in [0.717, 1.165) is 19.0 Å². The van der Waals surface area contributed by atoms with Crippen LogP contribution >= 0.6 is 11.6 Å². The summed E-state index contributed by atoms with van der Waals surface area (Å²) in [6, 6.07) is 3.57. The lowest BCUT2D eigenvalue weighted by Gasteiger charge is -2.20. The molecular formula is C12H20ClN5O6S2. The van der Waals surface area contributed by atoms with E-state index in [2.05, 4.69) is 15.2 Å². The molecule has 0 atom stereocenters. The van der Waals surface area contributed by atoms with E-state index in [0.29, 0.717) is 19.6 Å². The van der Waals surface area contributed by atoms with Crippen molar-refractivity contribution in [2.75, 3.05) is 33.2 Å². The predicted molar refractivity (Wildman–Crippen MR) is 96.3 cm³/mol. The zero-order chi connectivity index (χ0) is 20.1. The van der Waals surface area contributed by atoms with E-state index in [1.807, 2.05) is 7.05 Å². The van der Waals surface area contributed by atoms with E-state index >= 15 is 0 Å². The van der Waals surface area contributed by atoms with Gasteiger partial charge in [-0.05, 0) is 32.1 Å². The minimum Gasteiger partial charge on any atom is -0.305 e. The maximum Gasteiger partial charge on any atom is 0.289 e. The Morgan fingerprint density at radius 1 is 1.12 bits per heavy atom. The van der Waals surface area contributed by atoms with Gasteiger partial charge in [-0.15, -0.1) is 0 Å². The van der Waals surface area contributed by atoms with E-state index in [1.165, 1.54) is 16.4 Å². The second-order valence-electron chi connectivity index (χ2n) is 5.52. The molecule has 1 saturated heterocycles. The number of nitro groups is 1. The van der Waals surface area contributed by atoms with Crippen LogP contribution in [0.3, 0.4) is 0 Å². The number of benzene rings is 1. The minimum atomic E-state index is -3.74. The van der Waals surface area contributed by atoms with Gasteiger partial charge in [0.2, 0.25) is 10.0 Å². The maximum atomic E-state index is 12.6. The van der Waals surface area contributed by atoms with Crippen LogP contribution in [0, 0.1) is 10.1 Å². The van der Waals surface area contributed by atoms with Crippen LogP contribution in [-0.2, 0) is 20.2 Å². The number of likely N-dealkylation sites (N-methyl/N-ethyl adjacent to an activating group) is 1. The highest BCUT2D eigenvalue weighted by Crippen LogP contribution is 2.28. The van der Waals surface area contributed by atoms with Crippen LogP contribution in [-0.4, -0.2) is 64.2 Å². The molecule has 4 N–H and O–H groups in total. The fourth-order valence-electron chi connectivity index (χ4n) is 2.21. The van der Waals surface area contributed by atoms with Gasteiger partial charge in [0.15, 0.2) is 0 Å². The molecule has 26 heavy (non-hydrogen) atoms. The smallest absolute Gasteiger partial charge is 0.289 e. The van der Waals surface area contributed by atoms with E-state index < -0.39 is 30.8 Å². The summed E-state index contributed by atoms with van der Waals surface area (Å²) in [6.45, 7) is 2.24. The Labute approximate surface area is 156 Å². The van der Waals surface area contributed by atoms with Crippen molar-refractivity contribution >= 4 is 37.5 Å². The molecule has 11 nitrogen and oxygen atoms in total. The molecule has 1 heterocycles. The van der Waals surface area contributed by atoms with E-state index in [4.69, 9.17) is 11.6 Å². The highest BCUT2D eigenvalue weighted by atomic mass is 35.5. The fourth-order valence-corrected chi connectivity index (χ4v) is 3.88. The summed E-state index contributed by atoms with van der Waals surface area (Å²) in [5, 5.41) is 19.0. The zero-order valence-electron chi connectivity index (χ0n) is 13.9. The van der Waals surface area contributed by atoms with Gasteiger partial charge in [0.25, 0.3) is 15.9 Å². The second-order valence-corrected chi connectivity index (χ2v) is 9.04. The lowest BCUT2D eigenvalue weighted by Crippen LogP contribution is -2.34. The number of halogens is 1. The standard InChI is InChI=1S/C12H16ClN3O4S.H4N2O2S/c1-14-5-2-6-15(8-7-14)21(19,20)10-3-4-11(13)12(9-10)16(17)18;1-5(2,3)4/h3-4,9H,2,5-8H2,1H3;(H4,1,2,3,4). The van der Waals surface area contributed by atoms with Gasteiger partial charge < -0.3 is 4.90 Å². The first-order valence-electron chi connectivity index (χ1n) is 7.25. The summed E-state index contributed by atoms with van der Waals surface area (Å²) < 4.78 is 44.9. The normalized spacial score (nSPS) is 17.1. The molecule has 0 saturated carbocycles. The van der Waals surface area contributed by atoms with Crippen LogP contribution in [0.4, 0.5) is 5.69 Å². The molecule has 1 aromatic carbocycles. The van der Waals surface area contributed by atoms with E-state index in [9.17, 15) is 26.9 Å². The van der Waals surface area contributed by atoms with Crippen molar-refractivity contribution in [1.82, 2.24) is 9.21 Å². The van der Waals surface area contributed by atoms with Crippen LogP contribution in [0.1, 0.15) is 6.42 Å². The summed E-state index contributed by atoms with van der Waals surface area (Å²) in [6.07, 6.45) is 0.728. The molecule has 0 radical (unpaired) electrons. The molecular weight excluding hydrogens is 410 g/mol. The molecule has 0 bridgehead atoms. The summed E-state index contributed by atoms with van der Waals surface area (Å²) in [5.41, 5.74) is -0.398. The first-order valence-corrected chi connectivity index (χ1v) is 10.7. The zero-order valence-corrected chi connectivity index (χ0v) is 16.3. The third kappa shape index (κ3) is 7.11. The van der Waals surface area contributed by atoms with Gasteiger partial charge in [-0.1, -0.05) is 11.6 Å². The number of nitrogens with two attached hydrogens (primary N) is 2. The predicted octanol–water partition coefficient (Wildman–Crippen LogP) is -0.277. The molecule has 0 unspecified atom stereocenters. The molecule has 0 amide bonds. The van der Waals surface area contributed by atoms with E-state index in [1.54, 1.807) is 0 Å². The van der Waals surface area contributed by atoms with Crippen molar-refractivity contribution in [3.05, 3.63) is 33.3 Å². The lowest BCUT2D eigenvalue weighted by molar-refractivity contribution is -0.384. The molecule has 0 aliphatic carbocycles. The Kier molecular flexibility index (Phi) is 7.88. The van der Waals surface area contributed by atoms with Crippen LogP contribution in [0.5, 0.6) is 0 Å². The number of nitro benzene ring substituents is 1. The lowest BCUT2D eigenvalue weighted by atomic mass is 10.3. The van der Waals surface area contributed by atoms with Crippen molar-refractivity contribution in [3.8, 4) is 0 Å². The largest absolute Gasteiger partial charge is 0.305 e. The van der Waals surface area contributed by atoms with Crippen molar-refractivity contribution < 1.29 is 21.8 Å². The third-order valence-corrected chi connectivity index (χ3v) is 5.64. The summed E-state index contributed by atoms with van der Waals surface area (Å²) >= 11 is 5.72. The Morgan fingerprint density at radius 2 is 1.69 bits per heavy atom. The Morgan fingerprint density at radius 3 is 2.23 bits per heavy atom. The molecule has 1 fully saturated rings. The molecule has 14 heteroatoms. The summed E-state index contributed by atoms with van der Waals surface area (Å²) in [5.74, 6) is 0. The van der Waals surface area contributed by atoms with Crippen molar-refractivity contribution in [1.29, 1.82) is 0 Å². The number of rotatable bonds is 3. The summed E-state index contributed by atoms with van der Waals surface area (Å²) in [4.78, 5) is 12.2. The number of hydrogen-bond acceptors (Lipinski definition) is 7. The highest BCUT2D eigenvalue weighted by molar-refractivity contribution is 7.89. The average Bonchev–Trinajstić information content (AvgIpc) is 2.70. The molecule has 148 valence electrons. The molecule has 2 rings (SSSR count). The Balaban J connectivity index is 0.000000597. The van der Waals surface area contributed by atoms with Gasteiger partial charge in [0.05, 0.1) is 9.82 Å². The fraction of sp³-hybridized carbons (Fsp3) is 0.500. The monoisotopic (exact) mass is 429 g/mol. The van der Waals surface area contributed by atoms with Crippen molar-refractivity contribution in [2.45, 2.75) is 11.3 Å². The third-order valence-electron chi connectivity index (χ3n) is 3.43. The van der Waals surface area contributed by atoms with Gasteiger partial charge >= 0.3 is 0 Å². The first kappa shape index (κ1) is 22.7. The Hall–Kier alpha value is -1.35. The molecule has 0 aromatic heterocycles. The van der Waals surface area contributed by atoms with Gasteiger partial charge in [0, 0.05) is 25.7 Å². The van der Waals surface area contributed by atoms with Crippen LogP contribution < -0.4 is 10.3 Å². The van der Waals surface area contributed by atoms with Crippen molar-refractivity contribution in [2.24, 2.45) is 10.3 Å². The van der Waals surface area contributed by atoms with Gasteiger partial charge in [-0.25, -0.2) is 18.7 Å². The van der Waals surface area contributed by atoms with Crippen LogP contribution in [0.2, 0.25) is 5.02 Å². The number of sulfonamides is 1. The average molecular weight is 430 g/mol. The quantitative estimate of drug-likeness (QED) is 0.491.